The summed E-state index contributed by atoms with van der Waals surface area (Å²) in [6.45, 7) is 5.85. The number of hydrogen-bond acceptors (Lipinski definition) is 6. The Kier molecular flexibility index (Phi) is 6.74. The van der Waals surface area contributed by atoms with Gasteiger partial charge in [-0.3, -0.25) is 9.59 Å². The van der Waals surface area contributed by atoms with Gasteiger partial charge in [0.15, 0.2) is 0 Å². The standard InChI is InChI=1S/C14H22N2O4S/c1-9(14(18)19-5)6-16(4)13(17)8-21-7-12-10(2)15-20-11(12)3/h9H,6-8H2,1-5H3. The lowest BCUT2D eigenvalue weighted by Crippen LogP contribution is -2.35. The first kappa shape index (κ1) is 17.6. The molecule has 0 fully saturated rings. The summed E-state index contributed by atoms with van der Waals surface area (Å²) in [5.41, 5.74) is 1.90. The average Bonchev–Trinajstić information content (AvgIpc) is 2.77. The summed E-state index contributed by atoms with van der Waals surface area (Å²) < 4.78 is 9.73. The van der Waals surface area contributed by atoms with E-state index in [2.05, 4.69) is 9.89 Å². The number of aromatic nitrogens is 1. The van der Waals surface area contributed by atoms with Crippen LogP contribution in [0.2, 0.25) is 0 Å². The van der Waals surface area contributed by atoms with Crippen molar-refractivity contribution in [3.05, 3.63) is 17.0 Å². The number of carbonyl (C=O) groups is 2. The summed E-state index contributed by atoms with van der Waals surface area (Å²) in [7, 11) is 3.04. The van der Waals surface area contributed by atoms with Crippen LogP contribution in [0.4, 0.5) is 0 Å². The maximum Gasteiger partial charge on any atom is 0.310 e. The third-order valence-electron chi connectivity index (χ3n) is 3.23. The van der Waals surface area contributed by atoms with Gasteiger partial charge in [-0.1, -0.05) is 12.1 Å². The minimum absolute atomic E-state index is 0.0116. The van der Waals surface area contributed by atoms with E-state index in [1.165, 1.54) is 18.9 Å². The highest BCUT2D eigenvalue weighted by molar-refractivity contribution is 7.99. The van der Waals surface area contributed by atoms with Gasteiger partial charge in [0.25, 0.3) is 0 Å². The lowest BCUT2D eigenvalue weighted by atomic mass is 10.2. The molecule has 118 valence electrons. The molecule has 0 aliphatic heterocycles. The summed E-state index contributed by atoms with van der Waals surface area (Å²) in [6, 6.07) is 0. The predicted molar refractivity (Wildman–Crippen MR) is 81.0 cm³/mol. The van der Waals surface area contributed by atoms with Crippen molar-refractivity contribution in [1.29, 1.82) is 0 Å². The number of aryl methyl sites for hydroxylation is 2. The van der Waals surface area contributed by atoms with E-state index in [0.29, 0.717) is 18.1 Å². The Balaban J connectivity index is 2.38. The van der Waals surface area contributed by atoms with Crippen molar-refractivity contribution in [2.75, 3.05) is 26.5 Å². The number of carbonyl (C=O) groups excluding carboxylic acids is 2. The van der Waals surface area contributed by atoms with Crippen LogP contribution < -0.4 is 0 Å². The fraction of sp³-hybridized carbons (Fsp3) is 0.643. The molecule has 0 saturated heterocycles. The van der Waals surface area contributed by atoms with Gasteiger partial charge >= 0.3 is 5.97 Å². The van der Waals surface area contributed by atoms with Crippen LogP contribution in [0.3, 0.4) is 0 Å². The van der Waals surface area contributed by atoms with Crippen LogP contribution in [0.25, 0.3) is 0 Å². The Hall–Kier alpha value is -1.50. The lowest BCUT2D eigenvalue weighted by Gasteiger charge is -2.20. The molecule has 1 unspecified atom stereocenters. The van der Waals surface area contributed by atoms with Gasteiger partial charge in [-0.25, -0.2) is 0 Å². The maximum atomic E-state index is 12.0. The molecule has 1 atom stereocenters. The van der Waals surface area contributed by atoms with E-state index in [1.54, 1.807) is 18.9 Å². The highest BCUT2D eigenvalue weighted by atomic mass is 32.2. The van der Waals surface area contributed by atoms with Crippen LogP contribution in [-0.4, -0.2) is 48.4 Å². The van der Waals surface area contributed by atoms with Crippen LogP contribution in [0.1, 0.15) is 23.9 Å². The maximum absolute atomic E-state index is 12.0. The molecule has 0 saturated carbocycles. The smallest absolute Gasteiger partial charge is 0.310 e. The fourth-order valence-corrected chi connectivity index (χ4v) is 2.96. The number of ether oxygens (including phenoxy) is 1. The van der Waals surface area contributed by atoms with Crippen LogP contribution in [0, 0.1) is 19.8 Å². The quantitative estimate of drug-likeness (QED) is 0.715. The molecule has 1 aromatic rings. The first-order chi connectivity index (χ1) is 9.86. The van der Waals surface area contributed by atoms with Gasteiger partial charge in [0, 0.05) is 24.9 Å². The van der Waals surface area contributed by atoms with Crippen molar-refractivity contribution in [2.45, 2.75) is 26.5 Å². The lowest BCUT2D eigenvalue weighted by molar-refractivity contribution is -0.145. The van der Waals surface area contributed by atoms with Gasteiger partial charge in [0.2, 0.25) is 5.91 Å². The van der Waals surface area contributed by atoms with Crippen LogP contribution in [0.5, 0.6) is 0 Å². The van der Waals surface area contributed by atoms with Crippen molar-refractivity contribution >= 4 is 23.6 Å². The highest BCUT2D eigenvalue weighted by Gasteiger charge is 2.19. The average molecular weight is 314 g/mol. The molecule has 21 heavy (non-hydrogen) atoms. The van der Waals surface area contributed by atoms with E-state index in [9.17, 15) is 9.59 Å². The van der Waals surface area contributed by atoms with Gasteiger partial charge in [0.05, 0.1) is 24.5 Å². The SMILES string of the molecule is COC(=O)C(C)CN(C)C(=O)CSCc1c(C)noc1C. The molecule has 0 radical (unpaired) electrons. The van der Waals surface area contributed by atoms with Gasteiger partial charge in [-0.2, -0.15) is 0 Å². The number of thioether (sulfide) groups is 1. The molecular weight excluding hydrogens is 292 g/mol. The van der Waals surface area contributed by atoms with Gasteiger partial charge in [0.1, 0.15) is 5.76 Å². The molecule has 0 aliphatic rings. The zero-order valence-electron chi connectivity index (χ0n) is 13.1. The zero-order valence-corrected chi connectivity index (χ0v) is 14.0. The topological polar surface area (TPSA) is 72.6 Å². The summed E-state index contributed by atoms with van der Waals surface area (Å²) in [4.78, 5) is 24.9. The number of amides is 1. The van der Waals surface area contributed by atoms with Gasteiger partial charge in [-0.05, 0) is 13.8 Å². The van der Waals surface area contributed by atoms with E-state index in [4.69, 9.17) is 4.52 Å². The molecule has 0 bridgehead atoms. The monoisotopic (exact) mass is 314 g/mol. The second-order valence-electron chi connectivity index (χ2n) is 4.99. The molecule has 7 heteroatoms. The van der Waals surface area contributed by atoms with E-state index in [1.807, 2.05) is 13.8 Å². The molecule has 0 spiro atoms. The summed E-state index contributed by atoms with van der Waals surface area (Å²) >= 11 is 1.51. The molecule has 0 aliphatic carbocycles. The van der Waals surface area contributed by atoms with Crippen molar-refractivity contribution in [2.24, 2.45) is 5.92 Å². The van der Waals surface area contributed by atoms with Crippen LogP contribution in [-0.2, 0) is 20.1 Å². The summed E-state index contributed by atoms with van der Waals surface area (Å²) in [5.74, 6) is 1.19. The highest BCUT2D eigenvalue weighted by Crippen LogP contribution is 2.19. The van der Waals surface area contributed by atoms with Gasteiger partial charge < -0.3 is 14.2 Å². The van der Waals surface area contributed by atoms with E-state index < -0.39 is 0 Å². The first-order valence-electron chi connectivity index (χ1n) is 6.68. The van der Waals surface area contributed by atoms with E-state index in [0.717, 1.165) is 17.0 Å². The Bertz CT molecular complexity index is 482. The fourth-order valence-electron chi connectivity index (χ4n) is 1.85. The van der Waals surface area contributed by atoms with E-state index in [-0.39, 0.29) is 17.8 Å². The Labute approximate surface area is 129 Å². The Morgan fingerprint density at radius 2 is 2.10 bits per heavy atom. The van der Waals surface area contributed by atoms with Crippen molar-refractivity contribution in [1.82, 2.24) is 10.1 Å². The Morgan fingerprint density at radius 3 is 2.62 bits per heavy atom. The van der Waals surface area contributed by atoms with Gasteiger partial charge in [-0.15, -0.1) is 11.8 Å². The molecule has 1 aromatic heterocycles. The minimum Gasteiger partial charge on any atom is -0.469 e. The minimum atomic E-state index is -0.323. The van der Waals surface area contributed by atoms with E-state index >= 15 is 0 Å². The van der Waals surface area contributed by atoms with Crippen molar-refractivity contribution in [3.63, 3.8) is 0 Å². The number of rotatable bonds is 7. The number of esters is 1. The van der Waals surface area contributed by atoms with Crippen molar-refractivity contribution < 1.29 is 18.8 Å². The Morgan fingerprint density at radius 1 is 1.43 bits per heavy atom. The third-order valence-corrected chi connectivity index (χ3v) is 4.17. The van der Waals surface area contributed by atoms with Crippen molar-refractivity contribution in [3.8, 4) is 0 Å². The molecule has 1 rings (SSSR count). The third kappa shape index (κ3) is 5.08. The zero-order chi connectivity index (χ0) is 16.0. The molecule has 1 amide bonds. The van der Waals surface area contributed by atoms with Crippen LogP contribution >= 0.6 is 11.8 Å². The second-order valence-corrected chi connectivity index (χ2v) is 5.98. The summed E-state index contributed by atoms with van der Waals surface area (Å²) in [6.07, 6.45) is 0. The summed E-state index contributed by atoms with van der Waals surface area (Å²) in [5, 5.41) is 3.88. The number of hydrogen-bond donors (Lipinski definition) is 0. The normalized spacial score (nSPS) is 12.0. The van der Waals surface area contributed by atoms with Crippen LogP contribution in [0.15, 0.2) is 4.52 Å². The largest absolute Gasteiger partial charge is 0.469 e. The first-order valence-corrected chi connectivity index (χ1v) is 7.83. The predicted octanol–water partition coefficient (Wildman–Crippen LogP) is 1.79. The molecule has 1 heterocycles. The number of nitrogens with zero attached hydrogens (tertiary/aromatic N) is 2. The molecular formula is C14H22N2O4S. The molecule has 0 aromatic carbocycles. The second kappa shape index (κ2) is 8.07. The number of methoxy groups -OCH3 is 1. The molecule has 0 N–H and O–H groups in total. The molecule has 6 nitrogen and oxygen atoms in total.